The fraction of sp³-hybridized carbons (Fsp3) is 0.381. The summed E-state index contributed by atoms with van der Waals surface area (Å²) in [5.41, 5.74) is 1.46. The lowest BCUT2D eigenvalue weighted by Crippen LogP contribution is -2.41. The highest BCUT2D eigenvalue weighted by Crippen LogP contribution is 2.31. The topological polar surface area (TPSA) is 95.3 Å². The number of carbonyl (C=O) groups excluding carboxylic acids is 1. The van der Waals surface area contributed by atoms with Crippen LogP contribution in [0, 0.1) is 5.92 Å². The number of pyridine rings is 1. The van der Waals surface area contributed by atoms with E-state index in [2.05, 4.69) is 20.4 Å². The van der Waals surface area contributed by atoms with Crippen molar-refractivity contribution >= 4 is 5.91 Å². The summed E-state index contributed by atoms with van der Waals surface area (Å²) in [6, 6.07) is 9.14. The number of fused-ring (bicyclic) bond motifs is 1. The molecule has 154 valence electrons. The number of tetrazole rings is 1. The normalized spacial score (nSPS) is 18.3. The second kappa shape index (κ2) is 8.10. The van der Waals surface area contributed by atoms with E-state index in [1.807, 2.05) is 23.1 Å². The monoisotopic (exact) mass is 406 g/mol. The number of hydrogen-bond acceptors (Lipinski definition) is 7. The molecule has 2 aromatic heterocycles. The van der Waals surface area contributed by atoms with Crippen LogP contribution in [0.15, 0.2) is 42.7 Å². The number of nitrogens with zero attached hydrogens (tertiary/aromatic N) is 6. The van der Waals surface area contributed by atoms with Gasteiger partial charge >= 0.3 is 0 Å². The Kier molecular flexibility index (Phi) is 5.00. The lowest BCUT2D eigenvalue weighted by molar-refractivity contribution is 0.0655. The van der Waals surface area contributed by atoms with E-state index >= 15 is 0 Å². The van der Waals surface area contributed by atoms with Crippen LogP contribution < -0.4 is 9.47 Å². The molecule has 9 nitrogen and oxygen atoms in total. The summed E-state index contributed by atoms with van der Waals surface area (Å²) in [4.78, 5) is 20.7. The van der Waals surface area contributed by atoms with Crippen molar-refractivity contribution < 1.29 is 14.3 Å². The Morgan fingerprint density at radius 3 is 2.93 bits per heavy atom. The van der Waals surface area contributed by atoms with E-state index in [1.54, 1.807) is 29.3 Å². The number of piperidine rings is 1. The van der Waals surface area contributed by atoms with E-state index in [1.165, 1.54) is 0 Å². The highest BCUT2D eigenvalue weighted by atomic mass is 16.6. The van der Waals surface area contributed by atoms with Gasteiger partial charge in [-0.25, -0.2) is 0 Å². The molecule has 5 rings (SSSR count). The van der Waals surface area contributed by atoms with Gasteiger partial charge in [0.2, 0.25) is 5.82 Å². The number of likely N-dealkylation sites (tertiary alicyclic amines) is 1. The molecule has 0 bridgehead atoms. The molecule has 0 spiro atoms. The predicted molar refractivity (Wildman–Crippen MR) is 107 cm³/mol. The molecular formula is C21H22N6O3. The summed E-state index contributed by atoms with van der Waals surface area (Å²) in [5.74, 6) is 2.17. The third kappa shape index (κ3) is 3.83. The molecule has 1 fully saturated rings. The molecule has 1 saturated heterocycles. The van der Waals surface area contributed by atoms with Crippen molar-refractivity contribution in [3.63, 3.8) is 0 Å². The van der Waals surface area contributed by atoms with Crippen LogP contribution in [0.1, 0.15) is 23.2 Å². The zero-order chi connectivity index (χ0) is 20.3. The van der Waals surface area contributed by atoms with E-state index < -0.39 is 0 Å². The number of ether oxygens (including phenoxy) is 2. The zero-order valence-corrected chi connectivity index (χ0v) is 16.5. The Morgan fingerprint density at radius 2 is 2.07 bits per heavy atom. The van der Waals surface area contributed by atoms with Crippen molar-refractivity contribution in [3.8, 4) is 22.9 Å². The lowest BCUT2D eigenvalue weighted by atomic mass is 9.97. The molecule has 4 heterocycles. The summed E-state index contributed by atoms with van der Waals surface area (Å²) in [6.07, 6.45) is 5.40. The Hall–Kier alpha value is -3.49. The maximum Gasteiger partial charge on any atom is 0.254 e. The molecule has 30 heavy (non-hydrogen) atoms. The molecule has 0 saturated carbocycles. The Labute approximate surface area is 173 Å². The highest BCUT2D eigenvalue weighted by Gasteiger charge is 2.26. The SMILES string of the molecule is O=C(c1ccc2c(c1)OCCO2)N1CCC[C@@H](Cn2nnc(-c3cccnc3)n2)C1. The first-order chi connectivity index (χ1) is 14.8. The van der Waals surface area contributed by atoms with Crippen LogP contribution in [0.2, 0.25) is 0 Å². The molecule has 1 atom stereocenters. The van der Waals surface area contributed by atoms with Gasteiger partial charge in [0.1, 0.15) is 13.2 Å². The minimum absolute atomic E-state index is 0.0132. The highest BCUT2D eigenvalue weighted by molar-refractivity contribution is 5.95. The van der Waals surface area contributed by atoms with Gasteiger partial charge in [-0.05, 0) is 54.3 Å². The molecule has 0 aliphatic carbocycles. The number of rotatable bonds is 4. The smallest absolute Gasteiger partial charge is 0.254 e. The molecule has 3 aromatic rings. The van der Waals surface area contributed by atoms with Crippen molar-refractivity contribution in [3.05, 3.63) is 48.3 Å². The van der Waals surface area contributed by atoms with Gasteiger partial charge in [0, 0.05) is 36.6 Å². The van der Waals surface area contributed by atoms with E-state index in [4.69, 9.17) is 9.47 Å². The van der Waals surface area contributed by atoms with Crippen molar-refractivity contribution in [1.82, 2.24) is 30.1 Å². The van der Waals surface area contributed by atoms with Gasteiger partial charge in [0.25, 0.3) is 5.91 Å². The van der Waals surface area contributed by atoms with Crippen LogP contribution >= 0.6 is 0 Å². The second-order valence-electron chi connectivity index (χ2n) is 7.53. The molecule has 0 unspecified atom stereocenters. The molecule has 1 amide bonds. The third-order valence-corrected chi connectivity index (χ3v) is 5.39. The van der Waals surface area contributed by atoms with E-state index in [-0.39, 0.29) is 11.8 Å². The van der Waals surface area contributed by atoms with E-state index in [9.17, 15) is 4.79 Å². The van der Waals surface area contributed by atoms with Crippen LogP contribution in [0.5, 0.6) is 11.5 Å². The summed E-state index contributed by atoms with van der Waals surface area (Å²) < 4.78 is 11.2. The molecule has 0 radical (unpaired) electrons. The minimum Gasteiger partial charge on any atom is -0.486 e. The Morgan fingerprint density at radius 1 is 1.17 bits per heavy atom. The van der Waals surface area contributed by atoms with Gasteiger partial charge in [-0.3, -0.25) is 9.78 Å². The molecule has 2 aliphatic heterocycles. The number of aromatic nitrogens is 5. The van der Waals surface area contributed by atoms with Crippen molar-refractivity contribution in [1.29, 1.82) is 0 Å². The number of benzene rings is 1. The molecule has 2 aliphatic rings. The summed E-state index contributed by atoms with van der Waals surface area (Å²) in [7, 11) is 0. The van der Waals surface area contributed by atoms with Crippen molar-refractivity contribution in [2.75, 3.05) is 26.3 Å². The first-order valence-corrected chi connectivity index (χ1v) is 10.1. The first-order valence-electron chi connectivity index (χ1n) is 10.1. The van der Waals surface area contributed by atoms with Crippen molar-refractivity contribution in [2.24, 2.45) is 5.92 Å². The summed E-state index contributed by atoms with van der Waals surface area (Å²) in [6.45, 7) is 3.07. The Bertz CT molecular complexity index is 1040. The Balaban J connectivity index is 1.25. The number of amides is 1. The van der Waals surface area contributed by atoms with Gasteiger partial charge in [0.05, 0.1) is 6.54 Å². The predicted octanol–water partition coefficient (Wildman–Crippen LogP) is 2.06. The average Bonchev–Trinajstić information content (AvgIpc) is 3.27. The zero-order valence-electron chi connectivity index (χ0n) is 16.5. The fourth-order valence-electron chi connectivity index (χ4n) is 3.92. The van der Waals surface area contributed by atoms with Crippen LogP contribution in [0.25, 0.3) is 11.4 Å². The van der Waals surface area contributed by atoms with Crippen LogP contribution in [0.4, 0.5) is 0 Å². The summed E-state index contributed by atoms with van der Waals surface area (Å²) in [5, 5.41) is 12.8. The van der Waals surface area contributed by atoms with Gasteiger partial charge in [-0.1, -0.05) is 0 Å². The van der Waals surface area contributed by atoms with E-state index in [0.717, 1.165) is 24.9 Å². The van der Waals surface area contributed by atoms with Gasteiger partial charge in [-0.15, -0.1) is 10.2 Å². The van der Waals surface area contributed by atoms with E-state index in [0.29, 0.717) is 49.2 Å². The molecule has 0 N–H and O–H groups in total. The average molecular weight is 406 g/mol. The fourth-order valence-corrected chi connectivity index (χ4v) is 3.92. The molecule has 1 aromatic carbocycles. The quantitative estimate of drug-likeness (QED) is 0.654. The standard InChI is InChI=1S/C21H22N6O3/c28-21(16-5-6-18-19(11-16)30-10-9-29-18)26-8-2-3-15(13-26)14-27-24-20(23-25-27)17-4-1-7-22-12-17/h1,4-7,11-12,15H,2-3,8-10,13-14H2/t15-/m1/s1. The molecule has 9 heteroatoms. The minimum atomic E-state index is 0.0132. The summed E-state index contributed by atoms with van der Waals surface area (Å²) >= 11 is 0. The number of hydrogen-bond donors (Lipinski definition) is 0. The van der Waals surface area contributed by atoms with Crippen LogP contribution in [0.3, 0.4) is 0 Å². The van der Waals surface area contributed by atoms with Gasteiger partial charge < -0.3 is 14.4 Å². The molecular weight excluding hydrogens is 384 g/mol. The maximum absolute atomic E-state index is 13.0. The van der Waals surface area contributed by atoms with Crippen LogP contribution in [-0.2, 0) is 6.54 Å². The van der Waals surface area contributed by atoms with Gasteiger partial charge in [0.15, 0.2) is 11.5 Å². The number of carbonyl (C=O) groups is 1. The lowest BCUT2D eigenvalue weighted by Gasteiger charge is -2.32. The largest absolute Gasteiger partial charge is 0.486 e. The van der Waals surface area contributed by atoms with Crippen molar-refractivity contribution in [2.45, 2.75) is 19.4 Å². The van der Waals surface area contributed by atoms with Gasteiger partial charge in [-0.2, -0.15) is 4.80 Å². The second-order valence-corrected chi connectivity index (χ2v) is 7.53. The maximum atomic E-state index is 13.0. The van der Waals surface area contributed by atoms with Crippen LogP contribution in [-0.4, -0.2) is 62.3 Å². The third-order valence-electron chi connectivity index (χ3n) is 5.39. The first kappa shape index (κ1) is 18.5.